The van der Waals surface area contributed by atoms with E-state index in [2.05, 4.69) is 20.4 Å². The number of benzene rings is 2. The van der Waals surface area contributed by atoms with E-state index >= 15 is 0 Å². The minimum atomic E-state index is -0.300. The Labute approximate surface area is 188 Å². The molecule has 1 amide bonds. The number of furan rings is 1. The summed E-state index contributed by atoms with van der Waals surface area (Å²) < 4.78 is 6.89. The fourth-order valence-electron chi connectivity index (χ4n) is 3.76. The van der Waals surface area contributed by atoms with Gasteiger partial charge in [0.05, 0.1) is 6.26 Å². The molecule has 8 heteroatoms. The summed E-state index contributed by atoms with van der Waals surface area (Å²) in [6, 6.07) is 19.9. The van der Waals surface area contributed by atoms with Crippen LogP contribution < -0.4 is 10.9 Å². The number of hydrogen-bond donors (Lipinski definition) is 2. The molecule has 3 heterocycles. The third-order valence-corrected chi connectivity index (χ3v) is 5.25. The summed E-state index contributed by atoms with van der Waals surface area (Å²) in [5.41, 5.74) is 1.39. The molecule has 0 saturated carbocycles. The van der Waals surface area contributed by atoms with Gasteiger partial charge >= 0.3 is 0 Å². The lowest BCUT2D eigenvalue weighted by atomic mass is 10.0. The quantitative estimate of drug-likeness (QED) is 0.403. The molecule has 0 saturated heterocycles. The zero-order chi connectivity index (χ0) is 22.8. The highest BCUT2D eigenvalue weighted by molar-refractivity contribution is 6.12. The monoisotopic (exact) mass is 439 g/mol. The lowest BCUT2D eigenvalue weighted by Gasteiger charge is -2.10. The highest BCUT2D eigenvalue weighted by Gasteiger charge is 2.19. The number of aromatic amines is 1. The first-order valence-electron chi connectivity index (χ1n) is 10.7. The average molecular weight is 439 g/mol. The molecule has 0 aliphatic heterocycles. The highest BCUT2D eigenvalue weighted by Crippen LogP contribution is 2.25. The third-order valence-electron chi connectivity index (χ3n) is 5.25. The normalized spacial score (nSPS) is 11.1. The number of aryl methyl sites for hydroxylation is 1. The van der Waals surface area contributed by atoms with Gasteiger partial charge in [0.1, 0.15) is 11.5 Å². The molecule has 33 heavy (non-hydrogen) atoms. The van der Waals surface area contributed by atoms with Crippen LogP contribution >= 0.6 is 0 Å². The van der Waals surface area contributed by atoms with Crippen LogP contribution in [0, 0.1) is 0 Å². The Balaban J connectivity index is 1.59. The molecule has 0 spiro atoms. The maximum Gasteiger partial charge on any atom is 0.257 e. The van der Waals surface area contributed by atoms with Gasteiger partial charge < -0.3 is 9.73 Å². The van der Waals surface area contributed by atoms with Gasteiger partial charge in [-0.05, 0) is 35.4 Å². The van der Waals surface area contributed by atoms with Gasteiger partial charge in [-0.3, -0.25) is 14.6 Å². The smallest absolute Gasteiger partial charge is 0.257 e. The van der Waals surface area contributed by atoms with Crippen LogP contribution in [0.1, 0.15) is 29.4 Å². The summed E-state index contributed by atoms with van der Waals surface area (Å²) in [4.78, 5) is 32.8. The Bertz CT molecular complexity index is 1490. The molecular weight excluding hydrogens is 418 g/mol. The molecule has 8 nitrogen and oxygen atoms in total. The second-order valence-electron chi connectivity index (χ2n) is 7.60. The Hall–Kier alpha value is -4.46. The third kappa shape index (κ3) is 4.06. The number of H-pyrrole nitrogens is 1. The number of carbonyl (C=O) groups is 1. The summed E-state index contributed by atoms with van der Waals surface area (Å²) in [7, 11) is 0. The lowest BCUT2D eigenvalue weighted by Crippen LogP contribution is -2.19. The zero-order valence-corrected chi connectivity index (χ0v) is 17.9. The van der Waals surface area contributed by atoms with Crippen molar-refractivity contribution in [1.82, 2.24) is 19.7 Å². The van der Waals surface area contributed by atoms with E-state index in [1.54, 1.807) is 30.5 Å². The molecule has 5 aromatic rings. The van der Waals surface area contributed by atoms with Crippen LogP contribution in [-0.2, 0) is 6.42 Å². The first kappa shape index (κ1) is 20.4. The first-order valence-corrected chi connectivity index (χ1v) is 10.7. The number of nitrogens with zero attached hydrogens (tertiary/aromatic N) is 3. The van der Waals surface area contributed by atoms with Gasteiger partial charge in [0, 0.05) is 23.4 Å². The largest absolute Gasteiger partial charge is 0.463 e. The van der Waals surface area contributed by atoms with Gasteiger partial charge in [0.2, 0.25) is 5.95 Å². The number of rotatable bonds is 6. The van der Waals surface area contributed by atoms with Crippen molar-refractivity contribution >= 4 is 22.5 Å². The number of aromatic nitrogens is 4. The molecule has 0 bridgehead atoms. The SMILES string of the molecule is CCCc1cc(=O)[nH]c(-n2nc(-c3ccco3)cc2NC(=O)c2cccc3ccccc23)n1. The van der Waals surface area contributed by atoms with Crippen molar-refractivity contribution in [2.75, 3.05) is 5.32 Å². The maximum absolute atomic E-state index is 13.3. The fourth-order valence-corrected chi connectivity index (χ4v) is 3.76. The van der Waals surface area contributed by atoms with E-state index in [1.165, 1.54) is 10.7 Å². The van der Waals surface area contributed by atoms with Crippen molar-refractivity contribution in [1.29, 1.82) is 0 Å². The van der Waals surface area contributed by atoms with Crippen LogP contribution in [0.4, 0.5) is 5.82 Å². The van der Waals surface area contributed by atoms with Gasteiger partial charge in [-0.15, -0.1) is 0 Å². The molecule has 2 N–H and O–H groups in total. The van der Waals surface area contributed by atoms with E-state index in [4.69, 9.17) is 4.42 Å². The number of nitrogens with one attached hydrogen (secondary N) is 2. The number of carbonyl (C=O) groups excluding carboxylic acids is 1. The standard InChI is InChI=1S/C25H21N5O3/c1-2-7-17-14-23(31)28-25(26-17)30-22(15-20(29-30)21-12-6-13-33-21)27-24(32)19-11-5-9-16-8-3-4-10-18(16)19/h3-6,8-15H,2,7H2,1H3,(H,27,32)(H,26,28,31). The van der Waals surface area contributed by atoms with E-state index in [0.717, 1.165) is 17.2 Å². The Morgan fingerprint density at radius 3 is 2.76 bits per heavy atom. The molecule has 0 aliphatic rings. The Kier molecular flexibility index (Phi) is 5.32. The predicted molar refractivity (Wildman–Crippen MR) is 126 cm³/mol. The van der Waals surface area contributed by atoms with Crippen molar-refractivity contribution < 1.29 is 9.21 Å². The van der Waals surface area contributed by atoms with Gasteiger partial charge in [-0.1, -0.05) is 49.7 Å². The van der Waals surface area contributed by atoms with Crippen LogP contribution in [0.2, 0.25) is 0 Å². The summed E-state index contributed by atoms with van der Waals surface area (Å²) in [6.45, 7) is 2.02. The molecule has 0 fully saturated rings. The zero-order valence-electron chi connectivity index (χ0n) is 17.9. The van der Waals surface area contributed by atoms with Crippen LogP contribution in [-0.4, -0.2) is 25.7 Å². The number of anilines is 1. The van der Waals surface area contributed by atoms with E-state index in [0.29, 0.717) is 35.0 Å². The topological polar surface area (TPSA) is 106 Å². The second kappa shape index (κ2) is 8.58. The van der Waals surface area contributed by atoms with Gasteiger partial charge in [-0.25, -0.2) is 4.98 Å². The molecular formula is C25H21N5O3. The molecule has 0 unspecified atom stereocenters. The number of hydrogen-bond acceptors (Lipinski definition) is 5. The first-order chi connectivity index (χ1) is 16.1. The fraction of sp³-hybridized carbons (Fsp3) is 0.120. The van der Waals surface area contributed by atoms with E-state index in [9.17, 15) is 9.59 Å². The molecule has 2 aromatic carbocycles. The predicted octanol–water partition coefficient (Wildman–Crippen LogP) is 4.57. The van der Waals surface area contributed by atoms with Crippen LogP contribution in [0.5, 0.6) is 0 Å². The minimum Gasteiger partial charge on any atom is -0.463 e. The van der Waals surface area contributed by atoms with Crippen LogP contribution in [0.15, 0.2) is 82.2 Å². The van der Waals surface area contributed by atoms with Crippen LogP contribution in [0.25, 0.3) is 28.2 Å². The van der Waals surface area contributed by atoms with E-state index < -0.39 is 0 Å². The molecule has 0 radical (unpaired) electrons. The van der Waals surface area contributed by atoms with Gasteiger partial charge in [0.25, 0.3) is 11.5 Å². The average Bonchev–Trinajstić information content (AvgIpc) is 3.49. The molecule has 0 atom stereocenters. The molecule has 0 aliphatic carbocycles. The van der Waals surface area contributed by atoms with Gasteiger partial charge in [-0.2, -0.15) is 9.78 Å². The van der Waals surface area contributed by atoms with Crippen molar-refractivity contribution in [3.8, 4) is 17.4 Å². The number of amides is 1. The molecule has 5 rings (SSSR count). The van der Waals surface area contributed by atoms with Gasteiger partial charge in [0.15, 0.2) is 5.76 Å². The second-order valence-corrected chi connectivity index (χ2v) is 7.60. The van der Waals surface area contributed by atoms with E-state index in [1.807, 2.05) is 43.3 Å². The van der Waals surface area contributed by atoms with Crippen molar-refractivity contribution in [2.24, 2.45) is 0 Å². The van der Waals surface area contributed by atoms with E-state index in [-0.39, 0.29) is 17.4 Å². The number of fused-ring (bicyclic) bond motifs is 1. The lowest BCUT2D eigenvalue weighted by molar-refractivity contribution is 0.102. The summed E-state index contributed by atoms with van der Waals surface area (Å²) >= 11 is 0. The molecule has 3 aromatic heterocycles. The maximum atomic E-state index is 13.3. The minimum absolute atomic E-state index is 0.219. The summed E-state index contributed by atoms with van der Waals surface area (Å²) in [6.07, 6.45) is 3.04. The summed E-state index contributed by atoms with van der Waals surface area (Å²) in [5, 5.41) is 9.28. The van der Waals surface area contributed by atoms with Crippen molar-refractivity contribution in [3.63, 3.8) is 0 Å². The highest BCUT2D eigenvalue weighted by atomic mass is 16.3. The molecule has 164 valence electrons. The Morgan fingerprint density at radius 2 is 1.94 bits per heavy atom. The summed E-state index contributed by atoms with van der Waals surface area (Å²) in [5.74, 6) is 0.806. The van der Waals surface area contributed by atoms with Crippen molar-refractivity contribution in [3.05, 3.63) is 94.6 Å². The van der Waals surface area contributed by atoms with Crippen LogP contribution in [0.3, 0.4) is 0 Å². The van der Waals surface area contributed by atoms with Crippen molar-refractivity contribution in [2.45, 2.75) is 19.8 Å². The Morgan fingerprint density at radius 1 is 1.09 bits per heavy atom.